The Morgan fingerprint density at radius 2 is 2.27 bits per heavy atom. The first-order valence-corrected chi connectivity index (χ1v) is 3.50. The van der Waals surface area contributed by atoms with Gasteiger partial charge in [0.05, 0.1) is 0 Å². The molecular formula is C8H10FNO. The molecule has 0 aliphatic rings. The summed E-state index contributed by atoms with van der Waals surface area (Å²) in [6.07, 6.45) is 1.42. The monoisotopic (exact) mass is 155 g/mol. The maximum atomic E-state index is 12.7. The smallest absolute Gasteiger partial charge is 0.184 e. The van der Waals surface area contributed by atoms with Crippen molar-refractivity contribution in [2.45, 2.75) is 13.8 Å². The van der Waals surface area contributed by atoms with E-state index in [-0.39, 0.29) is 17.4 Å². The molecule has 1 aromatic rings. The van der Waals surface area contributed by atoms with E-state index in [0.717, 1.165) is 0 Å². The van der Waals surface area contributed by atoms with Gasteiger partial charge in [-0.2, -0.15) is 0 Å². The van der Waals surface area contributed by atoms with Gasteiger partial charge in [0.2, 0.25) is 0 Å². The van der Waals surface area contributed by atoms with E-state index in [1.54, 1.807) is 13.8 Å². The third kappa shape index (κ3) is 1.48. The van der Waals surface area contributed by atoms with Gasteiger partial charge in [-0.1, -0.05) is 13.8 Å². The molecule has 1 N–H and O–H groups in total. The summed E-state index contributed by atoms with van der Waals surface area (Å²) in [5.41, 5.74) is 0.0833. The van der Waals surface area contributed by atoms with Crippen LogP contribution in [-0.4, -0.2) is 10.8 Å². The Kier molecular flexibility index (Phi) is 2.08. The molecule has 1 rings (SSSR count). The van der Waals surface area contributed by atoms with Crippen molar-refractivity contribution < 1.29 is 9.18 Å². The maximum absolute atomic E-state index is 12.7. The molecular weight excluding hydrogens is 145 g/mol. The molecule has 0 aliphatic heterocycles. The van der Waals surface area contributed by atoms with Crippen molar-refractivity contribution in [3.63, 3.8) is 0 Å². The summed E-state index contributed by atoms with van der Waals surface area (Å²) < 4.78 is 12.7. The van der Waals surface area contributed by atoms with Gasteiger partial charge in [-0.25, -0.2) is 4.39 Å². The number of carbonyl (C=O) groups excluding carboxylic acids is 1. The van der Waals surface area contributed by atoms with Gasteiger partial charge in [0, 0.05) is 12.1 Å². The average molecular weight is 155 g/mol. The number of aromatic amines is 1. The molecule has 3 heteroatoms. The lowest BCUT2D eigenvalue weighted by Gasteiger charge is -2.00. The lowest BCUT2D eigenvalue weighted by atomic mass is 10.1. The Bertz CT molecular complexity index is 265. The second kappa shape index (κ2) is 2.86. The van der Waals surface area contributed by atoms with Gasteiger partial charge in [-0.15, -0.1) is 0 Å². The number of halogens is 1. The van der Waals surface area contributed by atoms with Gasteiger partial charge in [-0.3, -0.25) is 4.79 Å². The maximum Gasteiger partial charge on any atom is 0.184 e. The van der Waals surface area contributed by atoms with Crippen LogP contribution in [0.3, 0.4) is 0 Å². The van der Waals surface area contributed by atoms with Gasteiger partial charge in [0.25, 0.3) is 0 Å². The number of ketones is 1. The largest absolute Gasteiger partial charge is 0.356 e. The fourth-order valence-corrected chi connectivity index (χ4v) is 0.828. The Hall–Kier alpha value is -1.12. The quantitative estimate of drug-likeness (QED) is 0.651. The van der Waals surface area contributed by atoms with Crippen LogP contribution in [-0.2, 0) is 0 Å². The van der Waals surface area contributed by atoms with E-state index in [4.69, 9.17) is 0 Å². The van der Waals surface area contributed by atoms with Crippen molar-refractivity contribution in [1.82, 2.24) is 4.98 Å². The van der Waals surface area contributed by atoms with Crippen molar-refractivity contribution >= 4 is 5.78 Å². The third-order valence-corrected chi connectivity index (χ3v) is 1.47. The van der Waals surface area contributed by atoms with E-state index >= 15 is 0 Å². The van der Waals surface area contributed by atoms with Crippen LogP contribution >= 0.6 is 0 Å². The number of hydrogen-bond acceptors (Lipinski definition) is 1. The van der Waals surface area contributed by atoms with E-state index in [2.05, 4.69) is 4.98 Å². The third-order valence-electron chi connectivity index (χ3n) is 1.47. The fraction of sp³-hybridized carbons (Fsp3) is 0.375. The van der Waals surface area contributed by atoms with E-state index in [9.17, 15) is 9.18 Å². The molecule has 0 bridgehead atoms. The lowest BCUT2D eigenvalue weighted by molar-refractivity contribution is 0.0931. The lowest BCUT2D eigenvalue weighted by Crippen LogP contribution is -2.09. The number of rotatable bonds is 2. The van der Waals surface area contributed by atoms with E-state index in [1.807, 2.05) is 0 Å². The van der Waals surface area contributed by atoms with E-state index in [0.29, 0.717) is 0 Å². The zero-order chi connectivity index (χ0) is 8.43. The molecule has 0 saturated carbocycles. The highest BCUT2D eigenvalue weighted by Crippen LogP contribution is 2.09. The highest BCUT2D eigenvalue weighted by atomic mass is 19.1. The number of carbonyl (C=O) groups is 1. The summed E-state index contributed by atoms with van der Waals surface area (Å²) in [6.45, 7) is 3.48. The standard InChI is InChI=1S/C8H10FNO/c1-5(2)8(11)7-6(9)3-4-10-7/h3-5,10H,1-2H3. The molecule has 0 aromatic carbocycles. The highest BCUT2D eigenvalue weighted by Gasteiger charge is 2.15. The van der Waals surface area contributed by atoms with Crippen molar-refractivity contribution in [3.05, 3.63) is 23.8 Å². The summed E-state index contributed by atoms with van der Waals surface area (Å²) in [7, 11) is 0. The molecule has 0 aliphatic carbocycles. The van der Waals surface area contributed by atoms with Gasteiger partial charge in [0.1, 0.15) is 5.69 Å². The number of H-pyrrole nitrogens is 1. The topological polar surface area (TPSA) is 32.9 Å². The minimum absolute atomic E-state index is 0.0833. The predicted molar refractivity (Wildman–Crippen MR) is 39.9 cm³/mol. The molecule has 0 fully saturated rings. The molecule has 0 atom stereocenters. The van der Waals surface area contributed by atoms with Crippen LogP contribution < -0.4 is 0 Å². The molecule has 0 spiro atoms. The predicted octanol–water partition coefficient (Wildman–Crippen LogP) is 1.99. The molecule has 1 heterocycles. The fourth-order valence-electron chi connectivity index (χ4n) is 0.828. The van der Waals surface area contributed by atoms with Crippen LogP contribution in [0.1, 0.15) is 24.3 Å². The zero-order valence-corrected chi connectivity index (χ0v) is 6.52. The van der Waals surface area contributed by atoms with Crippen LogP contribution in [0.4, 0.5) is 4.39 Å². The molecule has 1 aromatic heterocycles. The Labute approximate surface area is 64.4 Å². The first-order valence-electron chi connectivity index (χ1n) is 3.50. The summed E-state index contributed by atoms with van der Waals surface area (Å²) in [6, 6.07) is 1.25. The zero-order valence-electron chi connectivity index (χ0n) is 6.52. The SMILES string of the molecule is CC(C)C(=O)c1[nH]ccc1F. The molecule has 0 saturated heterocycles. The first kappa shape index (κ1) is 7.98. The van der Waals surface area contributed by atoms with Crippen LogP contribution in [0.25, 0.3) is 0 Å². The summed E-state index contributed by atoms with van der Waals surface area (Å²) in [4.78, 5) is 13.7. The molecule has 60 valence electrons. The second-order valence-electron chi connectivity index (χ2n) is 2.72. The van der Waals surface area contributed by atoms with Crippen LogP contribution in [0.5, 0.6) is 0 Å². The van der Waals surface area contributed by atoms with Crippen molar-refractivity contribution in [3.8, 4) is 0 Å². The number of nitrogens with one attached hydrogen (secondary N) is 1. The minimum atomic E-state index is -0.469. The molecule has 0 radical (unpaired) electrons. The number of aromatic nitrogens is 1. The van der Waals surface area contributed by atoms with Gasteiger partial charge >= 0.3 is 0 Å². The summed E-state index contributed by atoms with van der Waals surface area (Å²) in [5.74, 6) is -0.820. The van der Waals surface area contributed by atoms with Crippen LogP contribution in [0, 0.1) is 11.7 Å². The second-order valence-corrected chi connectivity index (χ2v) is 2.72. The van der Waals surface area contributed by atoms with Gasteiger partial charge in [0.15, 0.2) is 11.6 Å². The first-order chi connectivity index (χ1) is 5.13. The summed E-state index contributed by atoms with van der Waals surface area (Å²) >= 11 is 0. The van der Waals surface area contributed by atoms with E-state index in [1.165, 1.54) is 12.3 Å². The van der Waals surface area contributed by atoms with E-state index < -0.39 is 5.82 Å². The average Bonchev–Trinajstić information content (AvgIpc) is 2.33. The van der Waals surface area contributed by atoms with Crippen molar-refractivity contribution in [2.75, 3.05) is 0 Å². The molecule has 2 nitrogen and oxygen atoms in total. The highest BCUT2D eigenvalue weighted by molar-refractivity contribution is 5.95. The number of hydrogen-bond donors (Lipinski definition) is 1. The minimum Gasteiger partial charge on any atom is -0.356 e. The Morgan fingerprint density at radius 1 is 1.64 bits per heavy atom. The van der Waals surface area contributed by atoms with Crippen LogP contribution in [0.15, 0.2) is 12.3 Å². The van der Waals surface area contributed by atoms with Crippen LogP contribution in [0.2, 0.25) is 0 Å². The number of Topliss-reactive ketones (excluding diaryl/α,β-unsaturated/α-hetero) is 1. The normalized spacial score (nSPS) is 10.5. The molecule has 11 heavy (non-hydrogen) atoms. The van der Waals surface area contributed by atoms with Gasteiger partial charge < -0.3 is 4.98 Å². The van der Waals surface area contributed by atoms with Crippen molar-refractivity contribution in [1.29, 1.82) is 0 Å². The van der Waals surface area contributed by atoms with Gasteiger partial charge in [-0.05, 0) is 6.07 Å². The molecule has 0 amide bonds. The Morgan fingerprint density at radius 3 is 2.64 bits per heavy atom. The Balaban J connectivity index is 2.93. The molecule has 0 unspecified atom stereocenters. The summed E-state index contributed by atoms with van der Waals surface area (Å²) in [5, 5.41) is 0. The van der Waals surface area contributed by atoms with Crippen molar-refractivity contribution in [2.24, 2.45) is 5.92 Å².